The third-order valence-electron chi connectivity index (χ3n) is 4.59. The van der Waals surface area contributed by atoms with Crippen molar-refractivity contribution in [3.05, 3.63) is 88.5 Å². The number of pyridine rings is 1. The van der Waals surface area contributed by atoms with Crippen molar-refractivity contribution < 1.29 is 14.3 Å². The number of carbonyl (C=O) groups is 2. The molecule has 2 aromatic heterocycles. The van der Waals surface area contributed by atoms with Crippen molar-refractivity contribution in [3.8, 4) is 0 Å². The summed E-state index contributed by atoms with van der Waals surface area (Å²) >= 11 is 0. The number of ether oxygens (including phenoxy) is 1. The molecule has 0 aliphatic heterocycles. The zero-order chi connectivity index (χ0) is 20.1. The number of esters is 1. The van der Waals surface area contributed by atoms with E-state index in [4.69, 9.17) is 4.74 Å². The first kappa shape index (κ1) is 19.4. The molecule has 6 heteroatoms. The van der Waals surface area contributed by atoms with Gasteiger partial charge in [0.2, 0.25) is 0 Å². The average Bonchev–Trinajstić information content (AvgIpc) is 3.01. The van der Waals surface area contributed by atoms with Crippen LogP contribution in [0.15, 0.2) is 54.9 Å². The molecule has 0 bridgehead atoms. The van der Waals surface area contributed by atoms with Crippen LogP contribution in [0.2, 0.25) is 0 Å². The topological polar surface area (TPSA) is 84.1 Å². The van der Waals surface area contributed by atoms with E-state index in [0.29, 0.717) is 22.5 Å². The molecule has 6 nitrogen and oxygen atoms in total. The van der Waals surface area contributed by atoms with Crippen LogP contribution in [0.25, 0.3) is 0 Å². The average molecular weight is 377 g/mol. The fraction of sp³-hybridized carbons (Fsp3) is 0.227. The molecule has 2 N–H and O–H groups in total. The first-order valence-electron chi connectivity index (χ1n) is 9.15. The van der Waals surface area contributed by atoms with Crippen molar-refractivity contribution >= 4 is 11.9 Å². The molecule has 1 atom stereocenters. The summed E-state index contributed by atoms with van der Waals surface area (Å²) in [5.41, 5.74) is 3.83. The van der Waals surface area contributed by atoms with Crippen LogP contribution in [0.4, 0.5) is 0 Å². The van der Waals surface area contributed by atoms with Crippen LogP contribution < -0.4 is 5.32 Å². The lowest BCUT2D eigenvalue weighted by Gasteiger charge is -2.19. The summed E-state index contributed by atoms with van der Waals surface area (Å²) in [5.74, 6) is -0.719. The molecule has 3 rings (SSSR count). The Hall–Kier alpha value is -3.41. The van der Waals surface area contributed by atoms with Gasteiger partial charge in [-0.2, -0.15) is 0 Å². The molecular weight excluding hydrogens is 354 g/mol. The molecule has 0 radical (unpaired) electrons. The number of aromatic amines is 1. The normalized spacial score (nSPS) is 11.7. The smallest absolute Gasteiger partial charge is 0.340 e. The van der Waals surface area contributed by atoms with Crippen LogP contribution >= 0.6 is 0 Å². The van der Waals surface area contributed by atoms with Crippen molar-refractivity contribution in [1.29, 1.82) is 0 Å². The molecule has 2 heterocycles. The van der Waals surface area contributed by atoms with Gasteiger partial charge in [-0.05, 0) is 49.6 Å². The highest BCUT2D eigenvalue weighted by atomic mass is 16.5. The van der Waals surface area contributed by atoms with Gasteiger partial charge >= 0.3 is 5.97 Å². The van der Waals surface area contributed by atoms with Gasteiger partial charge in [0.1, 0.15) is 5.69 Å². The molecule has 144 valence electrons. The largest absolute Gasteiger partial charge is 0.462 e. The summed E-state index contributed by atoms with van der Waals surface area (Å²) < 4.78 is 5.10. The first-order valence-corrected chi connectivity index (χ1v) is 9.15. The van der Waals surface area contributed by atoms with Crippen molar-refractivity contribution in [2.24, 2.45) is 0 Å². The van der Waals surface area contributed by atoms with Gasteiger partial charge in [-0.3, -0.25) is 9.78 Å². The first-order chi connectivity index (χ1) is 13.5. The van der Waals surface area contributed by atoms with Gasteiger partial charge in [0.25, 0.3) is 5.91 Å². The van der Waals surface area contributed by atoms with Gasteiger partial charge in [-0.25, -0.2) is 4.79 Å². The van der Waals surface area contributed by atoms with E-state index in [1.807, 2.05) is 42.5 Å². The van der Waals surface area contributed by atoms with Crippen LogP contribution in [-0.4, -0.2) is 28.5 Å². The molecule has 0 spiro atoms. The molecule has 3 aromatic rings. The Balaban J connectivity index is 1.93. The molecule has 1 amide bonds. The van der Waals surface area contributed by atoms with Crippen molar-refractivity contribution in [1.82, 2.24) is 15.3 Å². The molecule has 28 heavy (non-hydrogen) atoms. The highest BCUT2D eigenvalue weighted by Gasteiger charge is 2.25. The Bertz CT molecular complexity index is 926. The molecule has 0 aliphatic carbocycles. The number of aryl methyl sites for hydroxylation is 1. The van der Waals surface area contributed by atoms with E-state index in [2.05, 4.69) is 15.3 Å². The Morgan fingerprint density at radius 3 is 2.36 bits per heavy atom. The fourth-order valence-electron chi connectivity index (χ4n) is 3.25. The molecule has 0 saturated heterocycles. The van der Waals surface area contributed by atoms with E-state index in [9.17, 15) is 9.59 Å². The molecule has 0 aliphatic rings. The van der Waals surface area contributed by atoms with Gasteiger partial charge in [0.15, 0.2) is 0 Å². The van der Waals surface area contributed by atoms with Gasteiger partial charge in [0, 0.05) is 18.1 Å². The molecule has 1 aromatic carbocycles. The molecular formula is C22H23N3O3. The second kappa shape index (κ2) is 8.52. The second-order valence-electron chi connectivity index (χ2n) is 6.44. The SMILES string of the molecule is CCOC(=O)c1c(C)[nH]c(C(=O)NC(c2ccccc2)c2ccncc2)c1C. The van der Waals surface area contributed by atoms with Crippen LogP contribution in [0, 0.1) is 13.8 Å². The minimum atomic E-state index is -0.429. The number of rotatable bonds is 6. The summed E-state index contributed by atoms with van der Waals surface area (Å²) in [4.78, 5) is 32.4. The van der Waals surface area contributed by atoms with E-state index in [1.165, 1.54) is 0 Å². The maximum absolute atomic E-state index is 13.1. The predicted molar refractivity (Wildman–Crippen MR) is 106 cm³/mol. The third-order valence-corrected chi connectivity index (χ3v) is 4.59. The number of aromatic nitrogens is 2. The Morgan fingerprint density at radius 2 is 1.71 bits per heavy atom. The monoisotopic (exact) mass is 377 g/mol. The van der Waals surface area contributed by atoms with Gasteiger partial charge < -0.3 is 15.0 Å². The molecule has 0 saturated carbocycles. The number of nitrogens with zero attached hydrogens (tertiary/aromatic N) is 1. The minimum absolute atomic E-state index is 0.280. The zero-order valence-corrected chi connectivity index (χ0v) is 16.2. The lowest BCUT2D eigenvalue weighted by molar-refractivity contribution is 0.0525. The van der Waals surface area contributed by atoms with Crippen LogP contribution in [0.5, 0.6) is 0 Å². The number of H-pyrrole nitrogens is 1. The summed E-state index contributed by atoms with van der Waals surface area (Å²) in [6, 6.07) is 13.1. The van der Waals surface area contributed by atoms with Crippen LogP contribution in [0.3, 0.4) is 0 Å². The Kier molecular flexibility index (Phi) is 5.89. The van der Waals surface area contributed by atoms with E-state index in [1.54, 1.807) is 33.2 Å². The van der Waals surface area contributed by atoms with E-state index in [-0.39, 0.29) is 18.6 Å². The van der Waals surface area contributed by atoms with Crippen molar-refractivity contribution in [2.45, 2.75) is 26.8 Å². The van der Waals surface area contributed by atoms with E-state index >= 15 is 0 Å². The predicted octanol–water partition coefficient (Wildman–Crippen LogP) is 3.72. The summed E-state index contributed by atoms with van der Waals surface area (Å²) in [6.45, 7) is 5.53. The van der Waals surface area contributed by atoms with Gasteiger partial charge in [-0.15, -0.1) is 0 Å². The number of nitrogens with one attached hydrogen (secondary N) is 2. The number of hydrogen-bond donors (Lipinski definition) is 2. The van der Waals surface area contributed by atoms with Crippen LogP contribution in [-0.2, 0) is 4.74 Å². The number of carbonyl (C=O) groups excluding carboxylic acids is 2. The van der Waals surface area contributed by atoms with Gasteiger partial charge in [-0.1, -0.05) is 30.3 Å². The zero-order valence-electron chi connectivity index (χ0n) is 16.2. The third kappa shape index (κ3) is 3.96. The highest BCUT2D eigenvalue weighted by molar-refractivity contribution is 6.00. The molecule has 0 fully saturated rings. The van der Waals surface area contributed by atoms with E-state index in [0.717, 1.165) is 11.1 Å². The second-order valence-corrected chi connectivity index (χ2v) is 6.44. The minimum Gasteiger partial charge on any atom is -0.462 e. The van der Waals surface area contributed by atoms with Crippen LogP contribution in [0.1, 0.15) is 56.2 Å². The molecule has 1 unspecified atom stereocenters. The van der Waals surface area contributed by atoms with Gasteiger partial charge in [0.05, 0.1) is 18.2 Å². The van der Waals surface area contributed by atoms with Crippen molar-refractivity contribution in [2.75, 3.05) is 6.61 Å². The number of hydrogen-bond acceptors (Lipinski definition) is 4. The Morgan fingerprint density at radius 1 is 1.07 bits per heavy atom. The number of benzene rings is 1. The lowest BCUT2D eigenvalue weighted by Crippen LogP contribution is -2.30. The standard InChI is InChI=1S/C22H23N3O3/c1-4-28-22(27)18-14(2)19(24-15(18)3)21(26)25-20(16-8-6-5-7-9-16)17-10-12-23-13-11-17/h5-13,20,24H,4H2,1-3H3,(H,25,26). The fourth-order valence-corrected chi connectivity index (χ4v) is 3.25. The van der Waals surface area contributed by atoms with Crippen molar-refractivity contribution in [3.63, 3.8) is 0 Å². The summed E-state index contributed by atoms with van der Waals surface area (Å²) in [6.07, 6.45) is 3.39. The van der Waals surface area contributed by atoms with E-state index < -0.39 is 5.97 Å². The summed E-state index contributed by atoms with van der Waals surface area (Å²) in [7, 11) is 0. The lowest BCUT2D eigenvalue weighted by atomic mass is 9.99. The maximum atomic E-state index is 13.1. The number of amides is 1. The quantitative estimate of drug-likeness (QED) is 0.641. The highest BCUT2D eigenvalue weighted by Crippen LogP contribution is 2.24. The Labute approximate surface area is 164 Å². The maximum Gasteiger partial charge on any atom is 0.340 e. The summed E-state index contributed by atoms with van der Waals surface area (Å²) in [5, 5.41) is 3.07.